The number of hydrogen-bond acceptors (Lipinski definition) is 3. The van der Waals surface area contributed by atoms with Crippen LogP contribution in [0.5, 0.6) is 0 Å². The topological polar surface area (TPSA) is 85.2 Å². The van der Waals surface area contributed by atoms with Gasteiger partial charge < -0.3 is 15.7 Å². The van der Waals surface area contributed by atoms with Crippen molar-refractivity contribution in [3.8, 4) is 6.07 Å². The molecule has 1 atom stereocenters. The predicted octanol–water partition coefficient (Wildman–Crippen LogP) is 1.01. The number of alkyl halides is 1. The van der Waals surface area contributed by atoms with Crippen molar-refractivity contribution in [2.45, 2.75) is 6.04 Å². The molecule has 0 heterocycles. The number of halogens is 1. The van der Waals surface area contributed by atoms with Gasteiger partial charge in [0.15, 0.2) is 0 Å². The number of benzene rings is 1. The highest BCUT2D eigenvalue weighted by Crippen LogP contribution is 2.09. The molecule has 1 rings (SSSR count). The van der Waals surface area contributed by atoms with Crippen molar-refractivity contribution in [3.63, 3.8) is 0 Å². The van der Waals surface area contributed by atoms with E-state index in [-0.39, 0.29) is 0 Å². The molecule has 1 aromatic carbocycles. The van der Waals surface area contributed by atoms with Crippen molar-refractivity contribution in [1.82, 2.24) is 5.32 Å². The molecular formula is C11H12FN3O2. The van der Waals surface area contributed by atoms with E-state index < -0.39 is 25.4 Å². The highest BCUT2D eigenvalue weighted by molar-refractivity contribution is 5.89. The summed E-state index contributed by atoms with van der Waals surface area (Å²) in [7, 11) is 0. The average molecular weight is 237 g/mol. The Morgan fingerprint density at radius 2 is 2.35 bits per heavy atom. The van der Waals surface area contributed by atoms with E-state index in [9.17, 15) is 9.18 Å². The number of nitrogens with zero attached hydrogens (tertiary/aromatic N) is 1. The lowest BCUT2D eigenvalue weighted by Gasteiger charge is -2.13. The van der Waals surface area contributed by atoms with Gasteiger partial charge in [-0.25, -0.2) is 9.18 Å². The number of rotatable bonds is 4. The molecule has 0 aliphatic heterocycles. The van der Waals surface area contributed by atoms with E-state index in [4.69, 9.17) is 10.4 Å². The maximum absolute atomic E-state index is 12.2. The van der Waals surface area contributed by atoms with E-state index in [1.54, 1.807) is 18.2 Å². The molecule has 3 N–H and O–H groups in total. The second kappa shape index (κ2) is 6.45. The monoisotopic (exact) mass is 237 g/mol. The van der Waals surface area contributed by atoms with Gasteiger partial charge in [0.1, 0.15) is 6.67 Å². The fraction of sp³-hybridized carbons (Fsp3) is 0.273. The summed E-state index contributed by atoms with van der Waals surface area (Å²) in [6.45, 7) is -1.32. The van der Waals surface area contributed by atoms with Gasteiger partial charge in [-0.05, 0) is 18.2 Å². The van der Waals surface area contributed by atoms with Crippen LogP contribution in [0.25, 0.3) is 0 Å². The highest BCUT2D eigenvalue weighted by Gasteiger charge is 2.10. The Morgan fingerprint density at radius 3 is 2.94 bits per heavy atom. The highest BCUT2D eigenvalue weighted by atomic mass is 19.1. The first kappa shape index (κ1) is 12.9. The Labute approximate surface area is 97.9 Å². The second-order valence-electron chi connectivity index (χ2n) is 3.32. The molecular weight excluding hydrogens is 225 g/mol. The van der Waals surface area contributed by atoms with Crippen molar-refractivity contribution in [1.29, 1.82) is 5.26 Å². The Bertz CT molecular complexity index is 427. The second-order valence-corrected chi connectivity index (χ2v) is 3.32. The Kier molecular flexibility index (Phi) is 4.91. The number of nitrogens with one attached hydrogen (secondary N) is 2. The molecule has 0 bridgehead atoms. The van der Waals surface area contributed by atoms with Gasteiger partial charge in [0, 0.05) is 5.69 Å². The van der Waals surface area contributed by atoms with E-state index in [1.165, 1.54) is 6.07 Å². The summed E-state index contributed by atoms with van der Waals surface area (Å²) >= 11 is 0. The lowest BCUT2D eigenvalue weighted by molar-refractivity contribution is 0.208. The molecule has 0 fully saturated rings. The molecule has 0 aliphatic rings. The van der Waals surface area contributed by atoms with Gasteiger partial charge >= 0.3 is 6.03 Å². The summed E-state index contributed by atoms with van der Waals surface area (Å²) in [5.74, 6) is 0. The summed E-state index contributed by atoms with van der Waals surface area (Å²) in [6, 6.07) is 6.69. The summed E-state index contributed by atoms with van der Waals surface area (Å²) in [5, 5.41) is 22.0. The number of amides is 2. The predicted molar refractivity (Wildman–Crippen MR) is 60.2 cm³/mol. The van der Waals surface area contributed by atoms with Crippen LogP contribution in [0.3, 0.4) is 0 Å². The van der Waals surface area contributed by atoms with Crippen molar-refractivity contribution in [3.05, 3.63) is 29.8 Å². The third kappa shape index (κ3) is 4.09. The maximum atomic E-state index is 12.2. The van der Waals surface area contributed by atoms with Crippen molar-refractivity contribution in [2.75, 3.05) is 18.6 Å². The van der Waals surface area contributed by atoms with Gasteiger partial charge in [0.25, 0.3) is 0 Å². The average Bonchev–Trinajstić information content (AvgIpc) is 2.36. The normalized spacial score (nSPS) is 11.4. The smallest absolute Gasteiger partial charge is 0.319 e. The minimum Gasteiger partial charge on any atom is -0.394 e. The minimum atomic E-state index is -0.922. The molecule has 0 radical (unpaired) electrons. The molecule has 0 spiro atoms. The summed E-state index contributed by atoms with van der Waals surface area (Å²) in [4.78, 5) is 11.4. The number of nitriles is 1. The lowest BCUT2D eigenvalue weighted by atomic mass is 10.2. The Hall–Kier alpha value is -2.13. The SMILES string of the molecule is N#Cc1cccc(NC(=O)N[C@H](CO)CF)c1. The number of urea groups is 1. The van der Waals surface area contributed by atoms with E-state index in [1.807, 2.05) is 6.07 Å². The standard InChI is InChI=1S/C11H12FN3O2/c12-5-10(7-16)15-11(17)14-9-3-1-2-8(4-9)6-13/h1-4,10,16H,5,7H2,(H2,14,15,17)/t10-/m0/s1. The van der Waals surface area contributed by atoms with Crippen molar-refractivity contribution >= 4 is 11.7 Å². The molecule has 5 nitrogen and oxygen atoms in total. The summed E-state index contributed by atoms with van der Waals surface area (Å²) < 4.78 is 12.2. The van der Waals surface area contributed by atoms with Crippen LogP contribution in [0.15, 0.2) is 24.3 Å². The van der Waals surface area contributed by atoms with Crippen LogP contribution in [0.1, 0.15) is 5.56 Å². The van der Waals surface area contributed by atoms with Gasteiger partial charge in [-0.15, -0.1) is 0 Å². The van der Waals surface area contributed by atoms with Crippen LogP contribution in [-0.4, -0.2) is 30.5 Å². The van der Waals surface area contributed by atoms with E-state index >= 15 is 0 Å². The minimum absolute atomic E-state index is 0.409. The van der Waals surface area contributed by atoms with Gasteiger partial charge in [-0.3, -0.25) is 0 Å². The van der Waals surface area contributed by atoms with Gasteiger partial charge in [0.2, 0.25) is 0 Å². The van der Waals surface area contributed by atoms with Crippen LogP contribution >= 0.6 is 0 Å². The molecule has 90 valence electrons. The molecule has 0 unspecified atom stereocenters. The number of aliphatic hydroxyl groups excluding tert-OH is 1. The molecule has 0 aromatic heterocycles. The Balaban J connectivity index is 2.59. The van der Waals surface area contributed by atoms with Gasteiger partial charge in [-0.1, -0.05) is 6.07 Å². The van der Waals surface area contributed by atoms with E-state index in [0.29, 0.717) is 11.3 Å². The fourth-order valence-electron chi connectivity index (χ4n) is 1.15. The van der Waals surface area contributed by atoms with E-state index in [2.05, 4.69) is 10.6 Å². The molecule has 17 heavy (non-hydrogen) atoms. The summed E-state index contributed by atoms with van der Waals surface area (Å²) in [5.41, 5.74) is 0.837. The van der Waals surface area contributed by atoms with Crippen molar-refractivity contribution < 1.29 is 14.3 Å². The van der Waals surface area contributed by atoms with Crippen LogP contribution in [0.2, 0.25) is 0 Å². The zero-order chi connectivity index (χ0) is 12.7. The zero-order valence-corrected chi connectivity index (χ0v) is 8.98. The molecule has 6 heteroatoms. The van der Waals surface area contributed by atoms with Gasteiger partial charge in [0.05, 0.1) is 24.3 Å². The van der Waals surface area contributed by atoms with Crippen LogP contribution in [-0.2, 0) is 0 Å². The number of carbonyl (C=O) groups is 1. The largest absolute Gasteiger partial charge is 0.394 e. The van der Waals surface area contributed by atoms with Crippen molar-refractivity contribution in [2.24, 2.45) is 0 Å². The number of aliphatic hydroxyl groups is 1. The van der Waals surface area contributed by atoms with Crippen LogP contribution < -0.4 is 10.6 Å². The third-order valence-electron chi connectivity index (χ3n) is 1.99. The number of anilines is 1. The first-order chi connectivity index (χ1) is 8.19. The number of carbonyl (C=O) groups excluding carboxylic acids is 1. The lowest BCUT2D eigenvalue weighted by Crippen LogP contribution is -2.41. The molecule has 0 saturated carbocycles. The van der Waals surface area contributed by atoms with Crippen LogP contribution in [0.4, 0.5) is 14.9 Å². The van der Waals surface area contributed by atoms with E-state index in [0.717, 1.165) is 0 Å². The van der Waals surface area contributed by atoms with Gasteiger partial charge in [-0.2, -0.15) is 5.26 Å². The number of hydrogen-bond donors (Lipinski definition) is 3. The molecule has 2 amide bonds. The summed E-state index contributed by atoms with van der Waals surface area (Å²) in [6.07, 6.45) is 0. The zero-order valence-electron chi connectivity index (χ0n) is 8.98. The van der Waals surface area contributed by atoms with Crippen LogP contribution in [0, 0.1) is 11.3 Å². The Morgan fingerprint density at radius 1 is 1.59 bits per heavy atom. The molecule has 0 saturated heterocycles. The molecule has 1 aromatic rings. The quantitative estimate of drug-likeness (QED) is 0.730. The maximum Gasteiger partial charge on any atom is 0.319 e. The third-order valence-corrected chi connectivity index (χ3v) is 1.99. The first-order valence-electron chi connectivity index (χ1n) is 4.94. The first-order valence-corrected chi connectivity index (χ1v) is 4.94. The molecule has 0 aliphatic carbocycles. The fourth-order valence-corrected chi connectivity index (χ4v) is 1.15.